The van der Waals surface area contributed by atoms with E-state index in [0.717, 1.165) is 17.1 Å². The highest BCUT2D eigenvalue weighted by Gasteiger charge is 2.46. The lowest BCUT2D eigenvalue weighted by molar-refractivity contribution is -0.0913. The third-order valence-corrected chi connectivity index (χ3v) is 6.53. The molecule has 1 aromatic rings. The fraction of sp³-hybridized carbons (Fsp3) is 0.500. The van der Waals surface area contributed by atoms with Gasteiger partial charge >= 0.3 is 6.18 Å². The summed E-state index contributed by atoms with van der Waals surface area (Å²) in [5.74, 6) is -4.14. The Morgan fingerprint density at radius 1 is 1.35 bits per heavy atom. The number of halogens is 5. The molecule has 1 unspecified atom stereocenters. The second-order valence-corrected chi connectivity index (χ2v) is 9.66. The van der Waals surface area contributed by atoms with Crippen molar-refractivity contribution in [2.45, 2.75) is 58.7 Å². The van der Waals surface area contributed by atoms with Crippen LogP contribution < -0.4 is 5.32 Å². The summed E-state index contributed by atoms with van der Waals surface area (Å²) in [5.41, 5.74) is -0.325. The largest absolute Gasteiger partial charge is 0.416 e. The van der Waals surface area contributed by atoms with E-state index in [1.54, 1.807) is 20.8 Å². The van der Waals surface area contributed by atoms with Gasteiger partial charge in [0.1, 0.15) is 5.69 Å². The van der Waals surface area contributed by atoms with Gasteiger partial charge in [-0.2, -0.15) is 13.2 Å². The van der Waals surface area contributed by atoms with Crippen LogP contribution >= 0.6 is 11.3 Å². The topological polar surface area (TPSA) is 45.2 Å². The number of allylic oxidation sites excluding steroid dienone is 7. The Bertz CT molecular complexity index is 978. The van der Waals surface area contributed by atoms with E-state index in [4.69, 9.17) is 0 Å². The summed E-state index contributed by atoms with van der Waals surface area (Å²) in [4.78, 5) is 19.6. The summed E-state index contributed by atoms with van der Waals surface area (Å²) >= 11 is 1.35. The molecule has 188 valence electrons. The van der Waals surface area contributed by atoms with E-state index < -0.39 is 42.1 Å². The zero-order valence-corrected chi connectivity index (χ0v) is 20.5. The first kappa shape index (κ1) is 27.8. The zero-order chi connectivity index (χ0) is 25.7. The fourth-order valence-corrected chi connectivity index (χ4v) is 4.73. The van der Waals surface area contributed by atoms with Crippen molar-refractivity contribution in [3.8, 4) is 0 Å². The van der Waals surface area contributed by atoms with Crippen molar-refractivity contribution in [2.75, 3.05) is 13.1 Å². The van der Waals surface area contributed by atoms with Crippen LogP contribution in [0.4, 0.5) is 22.0 Å². The lowest BCUT2D eigenvalue weighted by Gasteiger charge is -2.43. The Morgan fingerprint density at radius 2 is 2.03 bits per heavy atom. The van der Waals surface area contributed by atoms with Crippen LogP contribution in [0.5, 0.6) is 0 Å². The van der Waals surface area contributed by atoms with Crippen LogP contribution in [0.3, 0.4) is 0 Å². The summed E-state index contributed by atoms with van der Waals surface area (Å²) in [7, 11) is 0. The van der Waals surface area contributed by atoms with E-state index in [1.165, 1.54) is 17.4 Å². The van der Waals surface area contributed by atoms with Crippen LogP contribution in [-0.2, 0) is 6.42 Å². The van der Waals surface area contributed by atoms with Crippen LogP contribution in [0.15, 0.2) is 48.2 Å². The summed E-state index contributed by atoms with van der Waals surface area (Å²) < 4.78 is 67.5. The van der Waals surface area contributed by atoms with Gasteiger partial charge in [0.2, 0.25) is 0 Å². The molecule has 2 heterocycles. The van der Waals surface area contributed by atoms with Gasteiger partial charge in [-0.25, -0.2) is 13.8 Å². The molecule has 0 aliphatic carbocycles. The molecule has 1 amide bonds. The van der Waals surface area contributed by atoms with Crippen LogP contribution in [0.1, 0.15) is 47.6 Å². The summed E-state index contributed by atoms with van der Waals surface area (Å²) in [6.07, 6.45) is 2.13. The molecule has 0 radical (unpaired) electrons. The van der Waals surface area contributed by atoms with Gasteiger partial charge in [0, 0.05) is 30.0 Å². The van der Waals surface area contributed by atoms with Crippen molar-refractivity contribution in [3.63, 3.8) is 0 Å². The van der Waals surface area contributed by atoms with E-state index in [1.807, 2.05) is 19.1 Å². The number of amides is 1. The van der Waals surface area contributed by atoms with E-state index in [9.17, 15) is 26.7 Å². The van der Waals surface area contributed by atoms with Crippen LogP contribution in [0, 0.1) is 12.8 Å². The van der Waals surface area contributed by atoms with Crippen molar-refractivity contribution >= 4 is 17.2 Å². The first-order valence-corrected chi connectivity index (χ1v) is 11.7. The third-order valence-electron chi connectivity index (χ3n) is 5.54. The fourth-order valence-electron chi connectivity index (χ4n) is 3.83. The summed E-state index contributed by atoms with van der Waals surface area (Å²) in [6.45, 7) is 9.37. The van der Waals surface area contributed by atoms with E-state index in [0.29, 0.717) is 22.0 Å². The van der Waals surface area contributed by atoms with Crippen molar-refractivity contribution in [3.05, 3.63) is 63.8 Å². The van der Waals surface area contributed by atoms with Crippen LogP contribution in [0.25, 0.3) is 0 Å². The molecule has 10 heteroatoms. The smallest absolute Gasteiger partial charge is 0.386 e. The molecule has 0 bridgehead atoms. The molecular formula is C24H30F5N3OS. The molecule has 2 atom stereocenters. The molecule has 0 saturated carbocycles. The third kappa shape index (κ3) is 7.25. The summed E-state index contributed by atoms with van der Waals surface area (Å²) in [5, 5.41) is 3.65. The number of nitrogens with one attached hydrogen (secondary N) is 1. The highest BCUT2D eigenvalue weighted by Crippen LogP contribution is 2.36. The molecule has 0 spiro atoms. The number of hydrogen-bond donors (Lipinski definition) is 1. The lowest BCUT2D eigenvalue weighted by Crippen LogP contribution is -2.58. The number of piperidine rings is 1. The van der Waals surface area contributed by atoms with Gasteiger partial charge < -0.3 is 10.2 Å². The van der Waals surface area contributed by atoms with Gasteiger partial charge in [-0.3, -0.25) is 4.79 Å². The monoisotopic (exact) mass is 503 g/mol. The maximum atomic E-state index is 14.4. The predicted molar refractivity (Wildman–Crippen MR) is 125 cm³/mol. The second-order valence-electron chi connectivity index (χ2n) is 8.37. The Balaban J connectivity index is 2.28. The number of likely N-dealkylation sites (tertiary alicyclic amines) is 1. The minimum atomic E-state index is -4.53. The van der Waals surface area contributed by atoms with Gasteiger partial charge in [0.05, 0.1) is 23.2 Å². The average Bonchev–Trinajstić information content (AvgIpc) is 3.09. The molecule has 1 N–H and O–H groups in total. The minimum Gasteiger partial charge on any atom is -0.386 e. The van der Waals surface area contributed by atoms with Gasteiger partial charge in [-0.05, 0) is 38.8 Å². The first-order chi connectivity index (χ1) is 15.8. The average molecular weight is 504 g/mol. The number of carbonyl (C=O) groups is 1. The normalized spacial score (nSPS) is 21.7. The van der Waals surface area contributed by atoms with Gasteiger partial charge in [-0.1, -0.05) is 31.7 Å². The Hall–Kier alpha value is -2.49. The molecular weight excluding hydrogens is 473 g/mol. The number of rotatable bonds is 8. The second kappa shape index (κ2) is 11.3. The molecule has 1 aliphatic heterocycles. The molecule has 4 nitrogen and oxygen atoms in total. The molecule has 0 aromatic carbocycles. The number of hydrogen-bond acceptors (Lipinski definition) is 4. The van der Waals surface area contributed by atoms with Crippen molar-refractivity contribution < 1.29 is 26.7 Å². The van der Waals surface area contributed by atoms with E-state index in [2.05, 4.69) is 16.9 Å². The number of aryl methyl sites for hydroxylation is 1. The molecule has 1 aromatic heterocycles. The van der Waals surface area contributed by atoms with Crippen molar-refractivity contribution in [1.29, 1.82) is 0 Å². The van der Waals surface area contributed by atoms with Gasteiger partial charge in [0.25, 0.3) is 11.8 Å². The molecule has 1 fully saturated rings. The van der Waals surface area contributed by atoms with E-state index >= 15 is 0 Å². The summed E-state index contributed by atoms with van der Waals surface area (Å²) in [6, 6.07) is -0.586. The van der Waals surface area contributed by atoms with Crippen molar-refractivity contribution in [2.24, 2.45) is 5.92 Å². The van der Waals surface area contributed by atoms with Gasteiger partial charge in [-0.15, -0.1) is 11.3 Å². The number of thiazole rings is 1. The molecule has 2 rings (SSSR count). The molecule has 34 heavy (non-hydrogen) atoms. The number of alkyl halides is 5. The van der Waals surface area contributed by atoms with Crippen molar-refractivity contribution in [1.82, 2.24) is 15.2 Å². The van der Waals surface area contributed by atoms with E-state index in [-0.39, 0.29) is 18.7 Å². The molecule has 1 aliphatic rings. The Morgan fingerprint density at radius 3 is 2.62 bits per heavy atom. The Labute approximate surface area is 200 Å². The van der Waals surface area contributed by atoms with Crippen LogP contribution in [-0.4, -0.2) is 47.0 Å². The maximum absolute atomic E-state index is 14.4. The number of carbonyl (C=O) groups excluding carboxylic acids is 1. The minimum absolute atomic E-state index is 0.113. The van der Waals surface area contributed by atoms with Gasteiger partial charge in [0.15, 0.2) is 0 Å². The zero-order valence-electron chi connectivity index (χ0n) is 19.7. The first-order valence-electron chi connectivity index (χ1n) is 10.9. The lowest BCUT2D eigenvalue weighted by atomic mass is 9.88. The number of nitrogens with zero attached hydrogens (tertiary/aromatic N) is 2. The highest BCUT2D eigenvalue weighted by molar-refractivity contribution is 7.11. The standard InChI is InChI=1S/C24H30F5N3OS/c1-6-8-9-20-21(31-17(5)34-20)22(33)32-14-23(25,26)12-15(3)19(32)13-30-16(4)10-11-18(7-2)24(27,28)29/h6-8,10-11,15,19,30H,2,9,12-14H2,1,3-5H3/b8-6-,16-10+,18-11+/t15-,19?/m1/s1. The predicted octanol–water partition coefficient (Wildman–Crippen LogP) is 6.22. The highest BCUT2D eigenvalue weighted by atomic mass is 32.1. The Kier molecular flexibility index (Phi) is 9.22. The maximum Gasteiger partial charge on any atom is 0.416 e. The van der Waals surface area contributed by atoms with Crippen LogP contribution in [0.2, 0.25) is 0 Å². The number of aromatic nitrogens is 1. The molecule has 1 saturated heterocycles. The SMILES string of the molecule is C=C/C(=C\C=C(/C)NCC1[C@H](C)CC(F)(F)CN1C(=O)c1nc(C)sc1C/C=C\C)C(F)(F)F. The quantitative estimate of drug-likeness (QED) is 0.260.